The molecule has 0 radical (unpaired) electrons. The van der Waals surface area contributed by atoms with Gasteiger partial charge in [0.05, 0.1) is 0 Å². The number of benzene rings is 2. The van der Waals surface area contributed by atoms with Crippen LogP contribution >= 0.6 is 0 Å². The molecular formula is C21H29NOSi. The Bertz CT molecular complexity index is 622. The molecule has 2 nitrogen and oxygen atoms in total. The van der Waals surface area contributed by atoms with Gasteiger partial charge in [0.25, 0.3) is 0 Å². The molecule has 0 amide bonds. The van der Waals surface area contributed by atoms with Crippen LogP contribution in [-0.4, -0.2) is 47.7 Å². The van der Waals surface area contributed by atoms with E-state index in [0.29, 0.717) is 0 Å². The molecule has 0 aliphatic heterocycles. The Balaban J connectivity index is 2.06. The summed E-state index contributed by atoms with van der Waals surface area (Å²) in [5.41, 5.74) is 3.46. The van der Waals surface area contributed by atoms with Crippen LogP contribution in [0.4, 0.5) is 0 Å². The molecule has 128 valence electrons. The highest BCUT2D eigenvalue weighted by atomic mass is 28.3. The molecule has 2 aromatic rings. The van der Waals surface area contributed by atoms with E-state index < -0.39 is 8.80 Å². The van der Waals surface area contributed by atoms with Crippen LogP contribution in [0.15, 0.2) is 61.2 Å². The summed E-state index contributed by atoms with van der Waals surface area (Å²) < 4.78 is 5.49. The molecular weight excluding hydrogens is 310 g/mol. The molecule has 0 aliphatic rings. The van der Waals surface area contributed by atoms with Gasteiger partial charge >= 0.3 is 0 Å². The Hall–Kier alpha value is -1.68. The van der Waals surface area contributed by atoms with Crippen LogP contribution in [0.2, 0.25) is 6.04 Å². The van der Waals surface area contributed by atoms with E-state index in [1.807, 2.05) is 13.2 Å². The molecule has 0 aromatic heterocycles. The molecule has 0 N–H and O–H groups in total. The monoisotopic (exact) mass is 339 g/mol. The van der Waals surface area contributed by atoms with Crippen molar-refractivity contribution in [1.29, 1.82) is 0 Å². The minimum absolute atomic E-state index is 0.909. The molecule has 2 aromatic carbocycles. The first kappa shape index (κ1) is 18.7. The van der Waals surface area contributed by atoms with Crippen molar-refractivity contribution in [3.05, 3.63) is 72.3 Å². The van der Waals surface area contributed by atoms with Gasteiger partial charge in [0.15, 0.2) is 0 Å². The molecule has 0 saturated heterocycles. The second-order valence-electron chi connectivity index (χ2n) is 6.56. The molecule has 2 rings (SSSR count). The van der Waals surface area contributed by atoms with Gasteiger partial charge in [-0.25, -0.2) is 0 Å². The summed E-state index contributed by atoms with van der Waals surface area (Å²) in [6.07, 6.45) is 2.15. The maximum atomic E-state index is 5.49. The van der Waals surface area contributed by atoms with Crippen LogP contribution in [0.1, 0.15) is 17.5 Å². The van der Waals surface area contributed by atoms with Crippen molar-refractivity contribution in [1.82, 2.24) is 4.90 Å². The van der Waals surface area contributed by atoms with E-state index in [1.54, 1.807) is 0 Å². The largest absolute Gasteiger partial charge is 0.388 e. The lowest BCUT2D eigenvalue weighted by Crippen LogP contribution is -2.35. The van der Waals surface area contributed by atoms with Gasteiger partial charge in [-0.1, -0.05) is 72.4 Å². The van der Waals surface area contributed by atoms with Gasteiger partial charge in [0.2, 0.25) is 0 Å². The third-order valence-corrected chi connectivity index (χ3v) is 7.55. The predicted octanol–water partition coefficient (Wildman–Crippen LogP) is 3.32. The van der Waals surface area contributed by atoms with Crippen LogP contribution in [0.25, 0.3) is 5.57 Å². The van der Waals surface area contributed by atoms with E-state index in [2.05, 4.69) is 74.1 Å². The van der Waals surface area contributed by atoms with Gasteiger partial charge in [-0.2, -0.15) is 0 Å². The van der Waals surface area contributed by atoms with Crippen LogP contribution < -0.4 is 5.19 Å². The first-order chi connectivity index (χ1) is 11.6. The molecule has 1 unspecified atom stereocenters. The summed E-state index contributed by atoms with van der Waals surface area (Å²) in [5.74, 6) is 0. The van der Waals surface area contributed by atoms with Crippen LogP contribution in [0, 0.1) is 0 Å². The summed E-state index contributed by atoms with van der Waals surface area (Å²) in [6, 6.07) is 20.7. The van der Waals surface area contributed by atoms with Crippen LogP contribution in [0.5, 0.6) is 0 Å². The Labute approximate surface area is 148 Å². The normalized spacial score (nSPS) is 12.3. The van der Waals surface area contributed by atoms with Gasteiger partial charge in [0.1, 0.15) is 8.80 Å². The molecule has 0 saturated carbocycles. The highest BCUT2D eigenvalue weighted by Crippen LogP contribution is 2.20. The van der Waals surface area contributed by atoms with Crippen LogP contribution in [0.3, 0.4) is 0 Å². The van der Waals surface area contributed by atoms with E-state index in [1.165, 1.54) is 28.8 Å². The average Bonchev–Trinajstić information content (AvgIpc) is 2.61. The fraction of sp³-hybridized carbons (Fsp3) is 0.333. The summed E-state index contributed by atoms with van der Waals surface area (Å²) >= 11 is 0. The fourth-order valence-corrected chi connectivity index (χ4v) is 5.47. The topological polar surface area (TPSA) is 12.5 Å². The lowest BCUT2D eigenvalue weighted by Gasteiger charge is -2.17. The van der Waals surface area contributed by atoms with Gasteiger partial charge in [-0.15, -0.1) is 0 Å². The summed E-state index contributed by atoms with van der Waals surface area (Å²) in [4.78, 5) is 2.26. The van der Waals surface area contributed by atoms with Crippen LogP contribution in [-0.2, 0) is 4.74 Å². The lowest BCUT2D eigenvalue weighted by atomic mass is 10.00. The van der Waals surface area contributed by atoms with E-state index in [0.717, 1.165) is 18.3 Å². The molecule has 0 fully saturated rings. The highest BCUT2D eigenvalue weighted by molar-refractivity contribution is 6.73. The zero-order valence-electron chi connectivity index (χ0n) is 15.2. The first-order valence-corrected chi connectivity index (χ1v) is 10.8. The van der Waals surface area contributed by atoms with E-state index in [-0.39, 0.29) is 0 Å². The Morgan fingerprint density at radius 1 is 1.00 bits per heavy atom. The third-order valence-electron chi connectivity index (χ3n) is 4.38. The lowest BCUT2D eigenvalue weighted by molar-refractivity contribution is 0.249. The fourth-order valence-electron chi connectivity index (χ4n) is 2.96. The Kier molecular flexibility index (Phi) is 7.44. The minimum Gasteiger partial charge on any atom is -0.388 e. The van der Waals surface area contributed by atoms with Crippen molar-refractivity contribution in [2.24, 2.45) is 0 Å². The van der Waals surface area contributed by atoms with Crippen molar-refractivity contribution < 1.29 is 4.74 Å². The maximum absolute atomic E-state index is 5.49. The zero-order chi connectivity index (χ0) is 17.4. The number of rotatable bonds is 9. The van der Waals surface area contributed by atoms with E-state index >= 15 is 0 Å². The number of hydrogen-bond donors (Lipinski definition) is 0. The predicted molar refractivity (Wildman–Crippen MR) is 108 cm³/mol. The maximum Gasteiger partial charge on any atom is 0.100 e. The number of nitrogens with zero attached hydrogens (tertiary/aromatic N) is 1. The second kappa shape index (κ2) is 9.57. The van der Waals surface area contributed by atoms with E-state index in [4.69, 9.17) is 4.74 Å². The van der Waals surface area contributed by atoms with Gasteiger partial charge in [-0.05, 0) is 43.8 Å². The number of hydrogen-bond acceptors (Lipinski definition) is 2. The highest BCUT2D eigenvalue weighted by Gasteiger charge is 2.14. The molecule has 0 aliphatic carbocycles. The molecule has 0 spiro atoms. The summed E-state index contributed by atoms with van der Waals surface area (Å²) in [7, 11) is 5.03. The SMILES string of the molecule is C=C(c1ccccc1)c1ccc([SiH](CCCN(C)C)COC)cc1. The van der Waals surface area contributed by atoms with Crippen molar-refractivity contribution in [3.63, 3.8) is 0 Å². The third kappa shape index (κ3) is 5.44. The van der Waals surface area contributed by atoms with E-state index in [9.17, 15) is 0 Å². The molecule has 24 heavy (non-hydrogen) atoms. The average molecular weight is 340 g/mol. The number of ether oxygens (including phenoxy) is 1. The standard InChI is InChI=1S/C21H29NOSi/c1-18(19-9-6-5-7-10-19)20-11-13-21(14-12-20)24(17-23-4)16-8-15-22(2)3/h5-7,9-14,24H,1,8,15-17H2,2-4H3. The van der Waals surface area contributed by atoms with Crippen molar-refractivity contribution in [3.8, 4) is 0 Å². The van der Waals surface area contributed by atoms with Gasteiger partial charge in [-0.3, -0.25) is 0 Å². The van der Waals surface area contributed by atoms with Crippen molar-refractivity contribution in [2.75, 3.05) is 34.0 Å². The minimum atomic E-state index is -1.06. The number of methoxy groups -OCH3 is 1. The molecule has 1 atom stereocenters. The smallest absolute Gasteiger partial charge is 0.100 e. The molecule has 0 bridgehead atoms. The van der Waals surface area contributed by atoms with Crippen molar-refractivity contribution >= 4 is 19.6 Å². The van der Waals surface area contributed by atoms with Crippen molar-refractivity contribution in [2.45, 2.75) is 12.5 Å². The summed E-state index contributed by atoms with van der Waals surface area (Å²) in [6.45, 7) is 5.41. The van der Waals surface area contributed by atoms with Gasteiger partial charge < -0.3 is 9.64 Å². The Morgan fingerprint density at radius 3 is 2.21 bits per heavy atom. The second-order valence-corrected chi connectivity index (χ2v) is 9.54. The zero-order valence-corrected chi connectivity index (χ0v) is 16.3. The summed E-state index contributed by atoms with van der Waals surface area (Å²) in [5, 5.41) is 1.49. The molecule has 0 heterocycles. The van der Waals surface area contributed by atoms with Gasteiger partial charge in [0, 0.05) is 13.3 Å². The Morgan fingerprint density at radius 2 is 1.62 bits per heavy atom. The molecule has 3 heteroatoms. The first-order valence-electron chi connectivity index (χ1n) is 8.60. The quantitative estimate of drug-likeness (QED) is 0.650.